The summed E-state index contributed by atoms with van der Waals surface area (Å²) in [6.07, 6.45) is 5.24. The molecule has 0 radical (unpaired) electrons. The number of anilines is 1. The summed E-state index contributed by atoms with van der Waals surface area (Å²) in [4.78, 5) is 6.33. The first-order chi connectivity index (χ1) is 12.5. The first-order valence-corrected chi connectivity index (χ1v) is 9.53. The van der Waals surface area contributed by atoms with Crippen molar-refractivity contribution in [1.82, 2.24) is 0 Å². The first kappa shape index (κ1) is 17.4. The number of benzene rings is 2. The van der Waals surface area contributed by atoms with Gasteiger partial charge in [-0.25, -0.2) is 5.06 Å². The Kier molecular flexibility index (Phi) is 4.45. The van der Waals surface area contributed by atoms with Crippen molar-refractivity contribution in [1.29, 1.82) is 0 Å². The number of ether oxygens (including phenoxy) is 1. The zero-order valence-corrected chi connectivity index (χ0v) is 16.2. The van der Waals surface area contributed by atoms with Gasteiger partial charge in [-0.15, -0.1) is 0 Å². The molecule has 1 fully saturated rings. The molecule has 0 amide bonds. The molecule has 1 saturated heterocycles. The minimum absolute atomic E-state index is 0.00981. The summed E-state index contributed by atoms with van der Waals surface area (Å²) >= 11 is 6.38. The highest BCUT2D eigenvalue weighted by atomic mass is 35.5. The van der Waals surface area contributed by atoms with Crippen molar-refractivity contribution in [2.75, 3.05) is 11.7 Å². The van der Waals surface area contributed by atoms with Gasteiger partial charge in [0.25, 0.3) is 0 Å². The van der Waals surface area contributed by atoms with Crippen molar-refractivity contribution in [3.8, 4) is 5.75 Å². The zero-order chi connectivity index (χ0) is 18.3. The van der Waals surface area contributed by atoms with Crippen LogP contribution in [0.5, 0.6) is 5.75 Å². The summed E-state index contributed by atoms with van der Waals surface area (Å²) in [7, 11) is 0. The molecule has 0 spiro atoms. The molecule has 0 N–H and O–H groups in total. The Hall–Kier alpha value is -1.97. The molecule has 2 aromatic carbocycles. The second kappa shape index (κ2) is 6.64. The van der Waals surface area contributed by atoms with Crippen LogP contribution in [-0.2, 0) is 11.3 Å². The Bertz CT molecular complexity index is 829. The maximum absolute atomic E-state index is 6.38. The van der Waals surface area contributed by atoms with Gasteiger partial charge in [-0.1, -0.05) is 55.8 Å². The summed E-state index contributed by atoms with van der Waals surface area (Å²) in [6, 6.07) is 14.5. The Morgan fingerprint density at radius 2 is 2.00 bits per heavy atom. The Balaban J connectivity index is 1.54. The standard InChI is InChI=1S/C22H24ClNO2/c1-4-25-16-11-8-15(9-12-16)10-13-21-22(2,3)20-14-17-18(23)6-5-7-19(17)24(20)26-21/h5-13,20-21H,4,14H2,1-3H3. The summed E-state index contributed by atoms with van der Waals surface area (Å²) in [6.45, 7) is 7.21. The van der Waals surface area contributed by atoms with E-state index in [0.29, 0.717) is 12.6 Å². The normalized spacial score (nSPS) is 23.3. The minimum atomic E-state index is -0.00981. The molecule has 2 aliphatic rings. The molecule has 4 heteroatoms. The lowest BCUT2D eigenvalue weighted by Crippen LogP contribution is -2.36. The lowest BCUT2D eigenvalue weighted by Gasteiger charge is -2.26. The average Bonchev–Trinajstić information content (AvgIpc) is 3.11. The van der Waals surface area contributed by atoms with Crippen LogP contribution in [0.3, 0.4) is 0 Å². The third kappa shape index (κ3) is 2.89. The van der Waals surface area contributed by atoms with Crippen molar-refractivity contribution in [3.05, 3.63) is 64.7 Å². The number of fused-ring (bicyclic) bond motifs is 3. The summed E-state index contributed by atoms with van der Waals surface area (Å²) in [5, 5.41) is 2.90. The molecule has 0 saturated carbocycles. The second-order valence-electron chi connectivity index (χ2n) is 7.49. The molecule has 2 aliphatic heterocycles. The average molecular weight is 370 g/mol. The maximum Gasteiger partial charge on any atom is 0.119 e. The highest BCUT2D eigenvalue weighted by molar-refractivity contribution is 6.31. The topological polar surface area (TPSA) is 21.7 Å². The van der Waals surface area contributed by atoms with Gasteiger partial charge in [0.15, 0.2) is 0 Å². The third-order valence-electron chi connectivity index (χ3n) is 5.49. The van der Waals surface area contributed by atoms with Crippen LogP contribution in [0.25, 0.3) is 6.08 Å². The van der Waals surface area contributed by atoms with Gasteiger partial charge in [-0.05, 0) is 48.7 Å². The Labute approximate surface area is 160 Å². The van der Waals surface area contributed by atoms with E-state index < -0.39 is 0 Å². The lowest BCUT2D eigenvalue weighted by molar-refractivity contribution is 0.0849. The van der Waals surface area contributed by atoms with Crippen molar-refractivity contribution in [3.63, 3.8) is 0 Å². The molecule has 136 valence electrons. The number of rotatable bonds is 4. The van der Waals surface area contributed by atoms with E-state index in [4.69, 9.17) is 21.2 Å². The highest BCUT2D eigenvalue weighted by Crippen LogP contribution is 2.50. The Morgan fingerprint density at radius 3 is 2.73 bits per heavy atom. The van der Waals surface area contributed by atoms with Crippen LogP contribution in [0, 0.1) is 5.41 Å². The fourth-order valence-electron chi connectivity index (χ4n) is 3.87. The molecule has 3 nitrogen and oxygen atoms in total. The number of hydrogen-bond donors (Lipinski definition) is 0. The van der Waals surface area contributed by atoms with Gasteiger partial charge in [0.1, 0.15) is 11.9 Å². The second-order valence-corrected chi connectivity index (χ2v) is 7.90. The number of hydrogen-bond acceptors (Lipinski definition) is 3. The molecule has 26 heavy (non-hydrogen) atoms. The number of halogens is 1. The van der Waals surface area contributed by atoms with Gasteiger partial charge in [0, 0.05) is 10.4 Å². The van der Waals surface area contributed by atoms with Gasteiger partial charge in [-0.3, -0.25) is 4.84 Å². The molecule has 4 rings (SSSR count). The SMILES string of the molecule is CCOc1ccc(C=CC2ON3c4cccc(Cl)c4CC3C2(C)C)cc1. The van der Waals surface area contributed by atoms with E-state index >= 15 is 0 Å². The molecule has 0 aromatic heterocycles. The van der Waals surface area contributed by atoms with E-state index in [1.54, 1.807) is 0 Å². The van der Waals surface area contributed by atoms with Gasteiger partial charge in [0.05, 0.1) is 18.3 Å². The molecule has 2 atom stereocenters. The summed E-state index contributed by atoms with van der Waals surface area (Å²) in [5.74, 6) is 0.899. The molecular formula is C22H24ClNO2. The van der Waals surface area contributed by atoms with Crippen molar-refractivity contribution in [2.45, 2.75) is 39.3 Å². The third-order valence-corrected chi connectivity index (χ3v) is 5.84. The molecule has 2 heterocycles. The van der Waals surface area contributed by atoms with Gasteiger partial charge >= 0.3 is 0 Å². The molecule has 2 aromatic rings. The van der Waals surface area contributed by atoms with E-state index in [2.05, 4.69) is 49.3 Å². The molecule has 0 bridgehead atoms. The van der Waals surface area contributed by atoms with Crippen LogP contribution in [0.15, 0.2) is 48.5 Å². The van der Waals surface area contributed by atoms with E-state index in [1.807, 2.05) is 31.2 Å². The van der Waals surface area contributed by atoms with E-state index in [9.17, 15) is 0 Å². The van der Waals surface area contributed by atoms with Crippen LogP contribution in [0.2, 0.25) is 5.02 Å². The zero-order valence-electron chi connectivity index (χ0n) is 15.4. The molecule has 2 unspecified atom stereocenters. The molecular weight excluding hydrogens is 346 g/mol. The van der Waals surface area contributed by atoms with Crippen LogP contribution in [0.4, 0.5) is 5.69 Å². The van der Waals surface area contributed by atoms with Crippen LogP contribution >= 0.6 is 11.6 Å². The largest absolute Gasteiger partial charge is 0.494 e. The fourth-order valence-corrected chi connectivity index (χ4v) is 4.11. The minimum Gasteiger partial charge on any atom is -0.494 e. The summed E-state index contributed by atoms with van der Waals surface area (Å²) in [5.41, 5.74) is 3.43. The fraction of sp³-hybridized carbons (Fsp3) is 0.364. The van der Waals surface area contributed by atoms with Crippen molar-refractivity contribution >= 4 is 23.4 Å². The van der Waals surface area contributed by atoms with Gasteiger partial charge in [0.2, 0.25) is 0 Å². The van der Waals surface area contributed by atoms with Crippen LogP contribution in [-0.4, -0.2) is 18.8 Å². The first-order valence-electron chi connectivity index (χ1n) is 9.15. The van der Waals surface area contributed by atoms with Gasteiger partial charge in [-0.2, -0.15) is 0 Å². The van der Waals surface area contributed by atoms with Crippen LogP contribution in [0.1, 0.15) is 31.9 Å². The number of hydroxylamine groups is 1. The Morgan fingerprint density at radius 1 is 1.23 bits per heavy atom. The maximum atomic E-state index is 6.38. The molecule has 0 aliphatic carbocycles. The highest BCUT2D eigenvalue weighted by Gasteiger charge is 2.52. The predicted molar refractivity (Wildman–Crippen MR) is 107 cm³/mol. The van der Waals surface area contributed by atoms with Crippen LogP contribution < -0.4 is 9.80 Å². The van der Waals surface area contributed by atoms with Crippen molar-refractivity contribution < 1.29 is 9.57 Å². The summed E-state index contributed by atoms with van der Waals surface area (Å²) < 4.78 is 5.50. The predicted octanol–water partition coefficient (Wildman–Crippen LogP) is 5.52. The smallest absolute Gasteiger partial charge is 0.119 e. The van der Waals surface area contributed by atoms with Crippen molar-refractivity contribution in [2.24, 2.45) is 5.41 Å². The van der Waals surface area contributed by atoms with E-state index in [0.717, 1.165) is 28.4 Å². The lowest BCUT2D eigenvalue weighted by atomic mass is 9.78. The monoisotopic (exact) mass is 369 g/mol. The van der Waals surface area contributed by atoms with Gasteiger partial charge < -0.3 is 4.74 Å². The van der Waals surface area contributed by atoms with E-state index in [1.165, 1.54) is 5.56 Å². The number of nitrogens with zero attached hydrogens (tertiary/aromatic N) is 1. The quantitative estimate of drug-likeness (QED) is 0.707. The van der Waals surface area contributed by atoms with E-state index in [-0.39, 0.29) is 11.5 Å².